The van der Waals surface area contributed by atoms with Crippen LogP contribution in [0.5, 0.6) is 0 Å². The van der Waals surface area contributed by atoms with Crippen LogP contribution in [-0.2, 0) is 6.54 Å². The number of nitrogens with zero attached hydrogens (tertiary/aromatic N) is 4. The van der Waals surface area contributed by atoms with E-state index < -0.39 is 6.04 Å². The Morgan fingerprint density at radius 2 is 2.15 bits per heavy atom. The molecule has 0 spiro atoms. The van der Waals surface area contributed by atoms with Gasteiger partial charge in [-0.3, -0.25) is 9.48 Å². The summed E-state index contributed by atoms with van der Waals surface area (Å²) in [6.45, 7) is 1.18. The third-order valence-corrected chi connectivity index (χ3v) is 4.94. The topological polar surface area (TPSA) is 104 Å². The van der Waals surface area contributed by atoms with Crippen LogP contribution < -0.4 is 5.32 Å². The number of aliphatic hydroxyl groups excluding tert-OH is 2. The monoisotopic (exact) mass is 373 g/mol. The Bertz CT molecular complexity index is 701. The van der Waals surface area contributed by atoms with Gasteiger partial charge in [0.1, 0.15) is 5.82 Å². The number of aliphatic hydroxyl groups is 2. The van der Waals surface area contributed by atoms with E-state index in [0.717, 1.165) is 38.8 Å². The molecule has 3 heterocycles. The summed E-state index contributed by atoms with van der Waals surface area (Å²) in [7, 11) is 0. The normalized spacial score (nSPS) is 17.3. The molecule has 8 nitrogen and oxygen atoms in total. The number of carbonyl (C=O) groups excluding carboxylic acids is 1. The van der Waals surface area contributed by atoms with Gasteiger partial charge in [-0.05, 0) is 43.9 Å². The van der Waals surface area contributed by atoms with Crippen molar-refractivity contribution in [2.75, 3.05) is 25.1 Å². The summed E-state index contributed by atoms with van der Waals surface area (Å²) in [5, 5.41) is 25.4. The Hall–Kier alpha value is -2.45. The van der Waals surface area contributed by atoms with Crippen LogP contribution in [0.3, 0.4) is 0 Å². The third-order valence-electron chi connectivity index (χ3n) is 4.94. The Kier molecular flexibility index (Phi) is 6.78. The van der Waals surface area contributed by atoms with Crippen molar-refractivity contribution in [1.29, 1.82) is 0 Å². The quantitative estimate of drug-likeness (QED) is 0.641. The molecule has 1 aliphatic rings. The van der Waals surface area contributed by atoms with Gasteiger partial charge in [0.25, 0.3) is 5.91 Å². The molecule has 0 aliphatic carbocycles. The van der Waals surface area contributed by atoms with E-state index in [1.165, 1.54) is 0 Å². The van der Waals surface area contributed by atoms with Crippen LogP contribution in [0, 0.1) is 0 Å². The number of piperidine rings is 1. The molecule has 0 bridgehead atoms. The number of hydrogen-bond donors (Lipinski definition) is 3. The minimum atomic E-state index is -0.465. The number of carbonyl (C=O) groups is 1. The average Bonchev–Trinajstić information content (AvgIpc) is 3.24. The van der Waals surface area contributed by atoms with Crippen molar-refractivity contribution in [1.82, 2.24) is 19.7 Å². The van der Waals surface area contributed by atoms with Crippen LogP contribution in [0.15, 0.2) is 36.8 Å². The van der Waals surface area contributed by atoms with Crippen LogP contribution >= 0.6 is 0 Å². The van der Waals surface area contributed by atoms with E-state index in [4.69, 9.17) is 10.2 Å². The summed E-state index contributed by atoms with van der Waals surface area (Å²) in [4.78, 5) is 19.2. The fourth-order valence-electron chi connectivity index (χ4n) is 3.41. The largest absolute Gasteiger partial charge is 0.394 e. The van der Waals surface area contributed by atoms with E-state index in [0.29, 0.717) is 11.4 Å². The number of nitrogens with one attached hydrogen (secondary N) is 1. The van der Waals surface area contributed by atoms with E-state index >= 15 is 0 Å². The molecule has 0 saturated carbocycles. The van der Waals surface area contributed by atoms with Crippen LogP contribution in [0.25, 0.3) is 0 Å². The number of likely N-dealkylation sites (tertiary alicyclic amines) is 1. The van der Waals surface area contributed by atoms with E-state index in [1.807, 2.05) is 21.8 Å². The lowest BCUT2D eigenvalue weighted by molar-refractivity contribution is 0.0593. The maximum atomic E-state index is 13.0. The number of amides is 1. The predicted octanol–water partition coefficient (Wildman–Crippen LogP) is 1.13. The first-order chi connectivity index (χ1) is 13.2. The maximum absolute atomic E-state index is 13.0. The van der Waals surface area contributed by atoms with Crippen molar-refractivity contribution in [3.63, 3.8) is 0 Å². The van der Waals surface area contributed by atoms with Crippen molar-refractivity contribution >= 4 is 11.7 Å². The Labute approximate surface area is 158 Å². The maximum Gasteiger partial charge on any atom is 0.255 e. The average molecular weight is 373 g/mol. The summed E-state index contributed by atoms with van der Waals surface area (Å²) in [6.07, 6.45) is 9.31. The highest BCUT2D eigenvalue weighted by molar-refractivity contribution is 5.94. The third kappa shape index (κ3) is 5.05. The Morgan fingerprint density at radius 3 is 2.81 bits per heavy atom. The molecule has 146 valence electrons. The fourth-order valence-corrected chi connectivity index (χ4v) is 3.41. The molecule has 1 atom stereocenters. The van der Waals surface area contributed by atoms with Crippen molar-refractivity contribution in [2.24, 2.45) is 0 Å². The Morgan fingerprint density at radius 1 is 1.30 bits per heavy atom. The molecule has 1 saturated heterocycles. The van der Waals surface area contributed by atoms with Crippen LogP contribution in [0.1, 0.15) is 36.0 Å². The number of pyridine rings is 1. The zero-order chi connectivity index (χ0) is 19.1. The molecule has 2 aromatic heterocycles. The minimum absolute atomic E-state index is 0.0000756. The molecular weight excluding hydrogens is 346 g/mol. The van der Waals surface area contributed by atoms with E-state index in [1.54, 1.807) is 24.5 Å². The summed E-state index contributed by atoms with van der Waals surface area (Å²) in [5.41, 5.74) is 0.552. The molecule has 27 heavy (non-hydrogen) atoms. The molecule has 8 heteroatoms. The highest BCUT2D eigenvalue weighted by atomic mass is 16.3. The van der Waals surface area contributed by atoms with Gasteiger partial charge >= 0.3 is 0 Å². The summed E-state index contributed by atoms with van der Waals surface area (Å²) in [6, 6.07) is 5.09. The predicted molar refractivity (Wildman–Crippen MR) is 101 cm³/mol. The first-order valence-corrected chi connectivity index (χ1v) is 9.44. The van der Waals surface area contributed by atoms with E-state index in [2.05, 4.69) is 15.4 Å². The van der Waals surface area contributed by atoms with Gasteiger partial charge in [-0.1, -0.05) is 0 Å². The number of aryl methyl sites for hydroxylation is 1. The van der Waals surface area contributed by atoms with E-state index in [9.17, 15) is 4.79 Å². The summed E-state index contributed by atoms with van der Waals surface area (Å²) < 4.78 is 1.90. The molecule has 2 aromatic rings. The van der Waals surface area contributed by atoms with Crippen molar-refractivity contribution in [3.8, 4) is 0 Å². The van der Waals surface area contributed by atoms with Gasteiger partial charge in [-0.25, -0.2) is 4.98 Å². The molecule has 3 N–H and O–H groups in total. The second-order valence-electron chi connectivity index (χ2n) is 6.84. The van der Waals surface area contributed by atoms with Gasteiger partial charge in [0.05, 0.1) is 24.8 Å². The molecular formula is C19H27N5O3. The van der Waals surface area contributed by atoms with Crippen LogP contribution in [-0.4, -0.2) is 67.6 Å². The zero-order valence-electron chi connectivity index (χ0n) is 15.4. The smallest absolute Gasteiger partial charge is 0.255 e. The van der Waals surface area contributed by atoms with E-state index in [-0.39, 0.29) is 25.2 Å². The van der Waals surface area contributed by atoms with Gasteiger partial charge in [0.15, 0.2) is 0 Å². The number of rotatable bonds is 8. The van der Waals surface area contributed by atoms with Crippen LogP contribution in [0.4, 0.5) is 5.82 Å². The summed E-state index contributed by atoms with van der Waals surface area (Å²) in [5.74, 6) is 0.522. The second-order valence-corrected chi connectivity index (χ2v) is 6.84. The summed E-state index contributed by atoms with van der Waals surface area (Å²) >= 11 is 0. The Balaban J connectivity index is 1.63. The van der Waals surface area contributed by atoms with Crippen molar-refractivity contribution in [3.05, 3.63) is 42.4 Å². The second kappa shape index (κ2) is 9.48. The fraction of sp³-hybridized carbons (Fsp3) is 0.526. The number of hydrogen-bond acceptors (Lipinski definition) is 6. The van der Waals surface area contributed by atoms with Crippen molar-refractivity contribution in [2.45, 2.75) is 44.3 Å². The molecule has 3 rings (SSSR count). The lowest BCUT2D eigenvalue weighted by atomic mass is 9.98. The lowest BCUT2D eigenvalue weighted by Gasteiger charge is -2.36. The van der Waals surface area contributed by atoms with Gasteiger partial charge in [0.2, 0.25) is 0 Å². The van der Waals surface area contributed by atoms with Gasteiger partial charge in [-0.15, -0.1) is 0 Å². The molecule has 0 unspecified atom stereocenters. The van der Waals surface area contributed by atoms with Gasteiger partial charge in [-0.2, -0.15) is 5.10 Å². The molecule has 1 fully saturated rings. The lowest BCUT2D eigenvalue weighted by Crippen LogP contribution is -2.44. The highest BCUT2D eigenvalue weighted by Gasteiger charge is 2.27. The van der Waals surface area contributed by atoms with Gasteiger partial charge < -0.3 is 20.4 Å². The van der Waals surface area contributed by atoms with Crippen molar-refractivity contribution < 1.29 is 15.0 Å². The molecule has 1 amide bonds. The molecule has 0 aromatic carbocycles. The highest BCUT2D eigenvalue weighted by Crippen LogP contribution is 2.22. The first kappa shape index (κ1) is 19.3. The minimum Gasteiger partial charge on any atom is -0.394 e. The first-order valence-electron chi connectivity index (χ1n) is 9.44. The zero-order valence-corrected chi connectivity index (χ0v) is 15.4. The number of anilines is 1. The standard InChI is InChI=1S/C19H27N5O3/c25-13-16(14-26)22-18-6-5-15(12-20-18)19(27)24-10-2-1-4-17(24)7-11-23-9-3-8-21-23/h3,5-6,8-9,12,16-17,25-26H,1-2,4,7,10-11,13-14H2,(H,20,22)/t17-/m1/s1. The van der Waals surface area contributed by atoms with Crippen LogP contribution in [0.2, 0.25) is 0 Å². The number of aromatic nitrogens is 3. The SMILES string of the molecule is O=C(c1ccc(NC(CO)CO)nc1)N1CCCC[C@@H]1CCn1cccn1. The molecule has 1 aliphatic heterocycles. The molecule has 0 radical (unpaired) electrons. The van der Waals surface area contributed by atoms with Gasteiger partial charge in [0, 0.05) is 37.7 Å².